The molecule has 0 rings (SSSR count). The minimum atomic E-state index is -0.575. The molecule has 0 heterocycles. The van der Waals surface area contributed by atoms with E-state index in [0.29, 0.717) is 0 Å². The summed E-state index contributed by atoms with van der Waals surface area (Å²) in [6, 6.07) is 0. The normalized spacial score (nSPS) is 9.91. The fourth-order valence-corrected chi connectivity index (χ4v) is 1.19. The second-order valence-electron chi connectivity index (χ2n) is 4.93. The van der Waals surface area contributed by atoms with Gasteiger partial charge >= 0.3 is 0 Å². The van der Waals surface area contributed by atoms with E-state index in [-0.39, 0.29) is 44.4 Å². The van der Waals surface area contributed by atoms with Gasteiger partial charge in [0.2, 0.25) is 23.6 Å². The predicted molar refractivity (Wildman–Crippen MR) is 80.9 cm³/mol. The molecule has 10 heteroatoms. The number of rotatable bonds is 10. The monoisotopic (exact) mass is 329 g/mol. The Kier molecular flexibility index (Phi) is 9.92. The number of hydrogen-bond donors (Lipinski definition) is 5. The summed E-state index contributed by atoms with van der Waals surface area (Å²) in [7, 11) is 0. The van der Waals surface area contributed by atoms with Crippen LogP contribution in [-0.4, -0.2) is 62.1 Å². The number of carbonyl (C=O) groups is 5. The van der Waals surface area contributed by atoms with E-state index in [0.717, 1.165) is 0 Å². The number of nitrogens with two attached hydrogens (primary N) is 1. The van der Waals surface area contributed by atoms with Crippen LogP contribution in [0.15, 0.2) is 0 Å². The fourth-order valence-electron chi connectivity index (χ4n) is 1.19. The van der Waals surface area contributed by atoms with Gasteiger partial charge in [-0.3, -0.25) is 24.0 Å². The van der Waals surface area contributed by atoms with E-state index in [1.54, 1.807) is 13.8 Å². The lowest BCUT2D eigenvalue weighted by Gasteiger charge is -2.09. The van der Waals surface area contributed by atoms with E-state index in [1.807, 2.05) is 0 Å². The quantitative estimate of drug-likeness (QED) is 0.281. The molecule has 0 aromatic carbocycles. The van der Waals surface area contributed by atoms with Gasteiger partial charge in [-0.05, 0) is 0 Å². The molecule has 0 bridgehead atoms. The van der Waals surface area contributed by atoms with Gasteiger partial charge in [-0.25, -0.2) is 0 Å². The Labute approximate surface area is 133 Å². The minimum Gasteiger partial charge on any atom is -0.347 e. The highest BCUT2D eigenvalue weighted by Crippen LogP contribution is 1.91. The highest BCUT2D eigenvalue weighted by molar-refractivity contribution is 5.91. The third-order valence-electron chi connectivity index (χ3n) is 2.63. The molecule has 6 N–H and O–H groups in total. The van der Waals surface area contributed by atoms with Crippen molar-refractivity contribution >= 4 is 29.4 Å². The maximum Gasteiger partial charge on any atom is 0.239 e. The Morgan fingerprint density at radius 2 is 1.04 bits per heavy atom. The van der Waals surface area contributed by atoms with Crippen molar-refractivity contribution in [3.05, 3.63) is 0 Å². The lowest BCUT2D eigenvalue weighted by Crippen LogP contribution is -2.45. The molecule has 0 aliphatic rings. The van der Waals surface area contributed by atoms with Gasteiger partial charge in [0.1, 0.15) is 0 Å². The molecule has 0 radical (unpaired) electrons. The van der Waals surface area contributed by atoms with Gasteiger partial charge in [-0.15, -0.1) is 0 Å². The van der Waals surface area contributed by atoms with Gasteiger partial charge in [-0.2, -0.15) is 0 Å². The fraction of sp³-hybridized carbons (Fsp3) is 0.615. The largest absolute Gasteiger partial charge is 0.347 e. The second kappa shape index (κ2) is 11.1. The van der Waals surface area contributed by atoms with Crippen molar-refractivity contribution in [2.24, 2.45) is 11.7 Å². The van der Waals surface area contributed by atoms with Crippen LogP contribution in [0, 0.1) is 5.92 Å². The van der Waals surface area contributed by atoms with Crippen LogP contribution in [0.2, 0.25) is 0 Å². The molecule has 0 aliphatic heterocycles. The topological polar surface area (TPSA) is 159 Å². The van der Waals surface area contributed by atoms with Crippen molar-refractivity contribution < 1.29 is 24.0 Å². The molecular weight excluding hydrogens is 306 g/mol. The lowest BCUT2D eigenvalue weighted by molar-refractivity contribution is -0.129. The standard InChI is InChI=1S/C13H23N5O5/c1-8(2)9(19)4-15-11(21)6-17-13(23)7-18-12(22)5-16-10(20)3-14/h8H,3-7,14H2,1-2H3,(H,15,21)(H,16,20)(H,17,23)(H,18,22). The molecule has 23 heavy (non-hydrogen) atoms. The number of Topliss-reactive ketones (excluding diaryl/α,β-unsaturated/α-hetero) is 1. The molecule has 0 spiro atoms. The van der Waals surface area contributed by atoms with E-state index in [4.69, 9.17) is 5.73 Å². The maximum absolute atomic E-state index is 11.4. The van der Waals surface area contributed by atoms with Crippen LogP contribution in [-0.2, 0) is 24.0 Å². The second-order valence-corrected chi connectivity index (χ2v) is 4.93. The lowest BCUT2D eigenvalue weighted by atomic mass is 10.1. The third kappa shape index (κ3) is 10.8. The average Bonchev–Trinajstić information content (AvgIpc) is 2.53. The van der Waals surface area contributed by atoms with Crippen LogP contribution in [0.3, 0.4) is 0 Å². The van der Waals surface area contributed by atoms with Gasteiger partial charge in [0.25, 0.3) is 0 Å². The van der Waals surface area contributed by atoms with Crippen LogP contribution in [0.25, 0.3) is 0 Å². The number of hydrogen-bond acceptors (Lipinski definition) is 6. The van der Waals surface area contributed by atoms with Crippen LogP contribution in [0.1, 0.15) is 13.8 Å². The molecule has 0 atom stereocenters. The van der Waals surface area contributed by atoms with Gasteiger partial charge < -0.3 is 27.0 Å². The van der Waals surface area contributed by atoms with Gasteiger partial charge in [0, 0.05) is 5.92 Å². The van der Waals surface area contributed by atoms with E-state index in [2.05, 4.69) is 21.3 Å². The zero-order valence-electron chi connectivity index (χ0n) is 13.2. The average molecular weight is 329 g/mol. The first-order chi connectivity index (χ1) is 10.8. The SMILES string of the molecule is CC(C)C(=O)CNC(=O)CNC(=O)CNC(=O)CNC(=O)CN. The van der Waals surface area contributed by atoms with E-state index in [9.17, 15) is 24.0 Å². The molecule has 10 nitrogen and oxygen atoms in total. The molecular formula is C13H23N5O5. The first-order valence-electron chi connectivity index (χ1n) is 7.05. The Morgan fingerprint density at radius 3 is 1.39 bits per heavy atom. The summed E-state index contributed by atoms with van der Waals surface area (Å²) in [5.41, 5.74) is 5.04. The first kappa shape index (κ1) is 20.5. The number of carbonyl (C=O) groups excluding carboxylic acids is 5. The summed E-state index contributed by atoms with van der Waals surface area (Å²) in [5.74, 6) is -2.43. The van der Waals surface area contributed by atoms with E-state index in [1.165, 1.54) is 0 Å². The summed E-state index contributed by atoms with van der Waals surface area (Å²) in [4.78, 5) is 56.2. The van der Waals surface area contributed by atoms with E-state index >= 15 is 0 Å². The summed E-state index contributed by atoms with van der Waals surface area (Å²) in [6.07, 6.45) is 0. The van der Waals surface area contributed by atoms with Crippen molar-refractivity contribution in [2.75, 3.05) is 32.7 Å². The van der Waals surface area contributed by atoms with Crippen LogP contribution in [0.5, 0.6) is 0 Å². The highest BCUT2D eigenvalue weighted by Gasteiger charge is 2.11. The molecule has 130 valence electrons. The van der Waals surface area contributed by atoms with Crippen molar-refractivity contribution in [1.29, 1.82) is 0 Å². The molecule has 4 amide bonds. The Hall–Kier alpha value is -2.49. The van der Waals surface area contributed by atoms with Crippen molar-refractivity contribution in [2.45, 2.75) is 13.8 Å². The van der Waals surface area contributed by atoms with Crippen molar-refractivity contribution in [3.8, 4) is 0 Å². The van der Waals surface area contributed by atoms with Crippen LogP contribution >= 0.6 is 0 Å². The molecule has 0 aromatic heterocycles. The number of nitrogens with one attached hydrogen (secondary N) is 4. The molecule has 0 aliphatic carbocycles. The Balaban J connectivity index is 3.82. The molecule has 0 aromatic rings. The molecule has 0 saturated carbocycles. The van der Waals surface area contributed by atoms with Gasteiger partial charge in [0.05, 0.1) is 32.7 Å². The third-order valence-corrected chi connectivity index (χ3v) is 2.63. The first-order valence-corrected chi connectivity index (χ1v) is 7.05. The van der Waals surface area contributed by atoms with Crippen LogP contribution < -0.4 is 27.0 Å². The summed E-state index contributed by atoms with van der Waals surface area (Å²) < 4.78 is 0. The highest BCUT2D eigenvalue weighted by atomic mass is 16.2. The summed E-state index contributed by atoms with van der Waals surface area (Å²) in [6.45, 7) is 2.18. The Morgan fingerprint density at radius 1 is 0.696 bits per heavy atom. The summed E-state index contributed by atoms with van der Waals surface area (Å²) in [5, 5.41) is 9.15. The van der Waals surface area contributed by atoms with Gasteiger partial charge in [-0.1, -0.05) is 13.8 Å². The Bertz CT molecular complexity index is 464. The van der Waals surface area contributed by atoms with Crippen LogP contribution in [0.4, 0.5) is 0 Å². The smallest absolute Gasteiger partial charge is 0.239 e. The van der Waals surface area contributed by atoms with E-state index < -0.39 is 23.6 Å². The summed E-state index contributed by atoms with van der Waals surface area (Å²) >= 11 is 0. The maximum atomic E-state index is 11.4. The van der Waals surface area contributed by atoms with Gasteiger partial charge in [0.15, 0.2) is 5.78 Å². The molecule has 0 fully saturated rings. The van der Waals surface area contributed by atoms with Crippen molar-refractivity contribution in [1.82, 2.24) is 21.3 Å². The molecule has 0 saturated heterocycles. The minimum absolute atomic E-state index is 0.0933. The zero-order chi connectivity index (χ0) is 17.8. The number of amides is 4. The zero-order valence-corrected chi connectivity index (χ0v) is 13.2. The predicted octanol–water partition coefficient (Wildman–Crippen LogP) is -3.36. The molecule has 0 unspecified atom stereocenters. The number of ketones is 1. The van der Waals surface area contributed by atoms with Crippen molar-refractivity contribution in [3.63, 3.8) is 0 Å².